The molecule has 0 bridgehead atoms. The summed E-state index contributed by atoms with van der Waals surface area (Å²) in [6.07, 6.45) is 4.08. The summed E-state index contributed by atoms with van der Waals surface area (Å²) in [5.41, 5.74) is 3.25. The molecule has 96 valence electrons. The van der Waals surface area contributed by atoms with Gasteiger partial charge in [-0.3, -0.25) is 4.68 Å². The maximum absolute atomic E-state index is 9.36. The van der Waals surface area contributed by atoms with Crippen molar-refractivity contribution in [1.29, 1.82) is 0 Å². The van der Waals surface area contributed by atoms with Crippen molar-refractivity contribution in [3.63, 3.8) is 0 Å². The van der Waals surface area contributed by atoms with E-state index in [9.17, 15) is 5.11 Å². The minimum atomic E-state index is 0.0185. The average Bonchev–Trinajstić information content (AvgIpc) is 2.55. The molecule has 0 saturated heterocycles. The summed E-state index contributed by atoms with van der Waals surface area (Å²) >= 11 is 0. The van der Waals surface area contributed by atoms with Crippen LogP contribution in [0.4, 0.5) is 0 Å². The largest absolute Gasteiger partial charge is 0.392 e. The molecule has 1 aromatic heterocycles. The van der Waals surface area contributed by atoms with Gasteiger partial charge < -0.3 is 5.11 Å². The summed E-state index contributed by atoms with van der Waals surface area (Å²) in [6, 6.07) is 0. The van der Waals surface area contributed by atoms with Gasteiger partial charge in [-0.25, -0.2) is 0 Å². The van der Waals surface area contributed by atoms with Crippen LogP contribution in [0.1, 0.15) is 45.9 Å². The van der Waals surface area contributed by atoms with Crippen molar-refractivity contribution in [2.45, 2.75) is 40.0 Å². The van der Waals surface area contributed by atoms with Crippen molar-refractivity contribution in [1.82, 2.24) is 9.78 Å². The number of hydrogen-bond acceptors (Lipinski definition) is 2. The molecule has 1 rings (SSSR count). The number of aromatic nitrogens is 2. The van der Waals surface area contributed by atoms with Crippen molar-refractivity contribution < 1.29 is 5.11 Å². The molecule has 0 aliphatic rings. The summed E-state index contributed by atoms with van der Waals surface area (Å²) in [5.74, 6) is 0.355. The Bertz CT molecular complexity index is 408. The molecule has 0 amide bonds. The molecule has 0 aliphatic carbocycles. The van der Waals surface area contributed by atoms with Gasteiger partial charge in [0.25, 0.3) is 0 Å². The zero-order chi connectivity index (χ0) is 13.2. The van der Waals surface area contributed by atoms with Crippen LogP contribution in [-0.4, -0.2) is 21.5 Å². The van der Waals surface area contributed by atoms with E-state index in [0.717, 1.165) is 16.8 Å². The van der Waals surface area contributed by atoms with Crippen LogP contribution in [0, 0.1) is 5.92 Å². The Morgan fingerprint density at radius 2 is 2.06 bits per heavy atom. The van der Waals surface area contributed by atoms with E-state index in [2.05, 4.69) is 45.8 Å². The van der Waals surface area contributed by atoms with Gasteiger partial charge in [0.2, 0.25) is 0 Å². The Kier molecular flexibility index (Phi) is 4.15. The van der Waals surface area contributed by atoms with E-state index in [4.69, 9.17) is 0 Å². The molecule has 0 saturated carbocycles. The molecule has 0 spiro atoms. The maximum Gasteiger partial charge on any atom is 0.0750 e. The molecular weight excluding hydrogens is 212 g/mol. The Hall–Kier alpha value is -1.09. The molecule has 0 unspecified atom stereocenters. The number of nitrogens with zero attached hydrogens (tertiary/aromatic N) is 2. The van der Waals surface area contributed by atoms with Gasteiger partial charge in [-0.1, -0.05) is 34.6 Å². The molecule has 0 fully saturated rings. The van der Waals surface area contributed by atoms with Gasteiger partial charge in [-0.2, -0.15) is 5.10 Å². The lowest BCUT2D eigenvalue weighted by Crippen LogP contribution is -2.14. The molecule has 0 atom stereocenters. The van der Waals surface area contributed by atoms with Crippen molar-refractivity contribution >= 4 is 6.08 Å². The molecular formula is C14H24N2O. The fourth-order valence-electron chi connectivity index (χ4n) is 1.79. The minimum absolute atomic E-state index is 0.0185. The summed E-state index contributed by atoms with van der Waals surface area (Å²) < 4.78 is 1.84. The third-order valence-corrected chi connectivity index (χ3v) is 2.83. The quantitative estimate of drug-likeness (QED) is 0.876. The molecule has 3 nitrogen and oxygen atoms in total. The van der Waals surface area contributed by atoms with E-state index in [1.807, 2.05) is 17.9 Å². The molecule has 0 aromatic carbocycles. The van der Waals surface area contributed by atoms with Crippen LogP contribution in [0.2, 0.25) is 0 Å². The Morgan fingerprint density at radius 1 is 1.47 bits per heavy atom. The van der Waals surface area contributed by atoms with Crippen LogP contribution in [-0.2, 0) is 12.5 Å². The number of hydrogen-bond donors (Lipinski definition) is 1. The number of aryl methyl sites for hydroxylation is 1. The number of aliphatic hydroxyl groups is 1. The van der Waals surface area contributed by atoms with Gasteiger partial charge in [-0.05, 0) is 17.6 Å². The van der Waals surface area contributed by atoms with Crippen LogP contribution in [0.15, 0.2) is 11.8 Å². The topological polar surface area (TPSA) is 38.0 Å². The van der Waals surface area contributed by atoms with Gasteiger partial charge in [0.15, 0.2) is 0 Å². The highest BCUT2D eigenvalue weighted by Gasteiger charge is 2.21. The summed E-state index contributed by atoms with van der Waals surface area (Å²) in [6.45, 7) is 10.8. The molecule has 0 radical (unpaired) electrons. The van der Waals surface area contributed by atoms with Crippen LogP contribution in [0.25, 0.3) is 6.08 Å². The maximum atomic E-state index is 9.36. The van der Waals surface area contributed by atoms with E-state index in [1.54, 1.807) is 0 Å². The molecule has 1 heterocycles. The lowest BCUT2D eigenvalue weighted by molar-refractivity contribution is 0.320. The number of aliphatic hydroxyl groups excluding tert-OH is 1. The second-order valence-electron chi connectivity index (χ2n) is 5.89. The highest BCUT2D eigenvalue weighted by atomic mass is 16.3. The molecule has 1 N–H and O–H groups in total. The second kappa shape index (κ2) is 5.05. The molecule has 0 aliphatic heterocycles. The van der Waals surface area contributed by atoms with Crippen molar-refractivity contribution in [3.8, 4) is 0 Å². The predicted molar refractivity (Wildman–Crippen MR) is 71.8 cm³/mol. The smallest absolute Gasteiger partial charge is 0.0750 e. The van der Waals surface area contributed by atoms with Crippen LogP contribution < -0.4 is 0 Å². The fourth-order valence-corrected chi connectivity index (χ4v) is 1.79. The van der Waals surface area contributed by atoms with Gasteiger partial charge in [0.1, 0.15) is 0 Å². The summed E-state index contributed by atoms with van der Waals surface area (Å²) in [5, 5.41) is 13.9. The lowest BCUT2D eigenvalue weighted by Gasteiger charge is -2.17. The SMILES string of the molecule is CC(C)C(=Cc1cn(C)nc1C(C)(C)C)CO. The highest BCUT2D eigenvalue weighted by molar-refractivity contribution is 5.56. The van der Waals surface area contributed by atoms with Crippen LogP contribution in [0.3, 0.4) is 0 Å². The first-order chi connectivity index (χ1) is 7.75. The Balaban J connectivity index is 3.23. The predicted octanol–water partition coefficient (Wildman–Crippen LogP) is 2.75. The third kappa shape index (κ3) is 3.43. The lowest BCUT2D eigenvalue weighted by atomic mass is 9.88. The average molecular weight is 236 g/mol. The molecule has 1 aromatic rings. The van der Waals surface area contributed by atoms with E-state index < -0.39 is 0 Å². The van der Waals surface area contributed by atoms with E-state index in [0.29, 0.717) is 5.92 Å². The Morgan fingerprint density at radius 3 is 2.47 bits per heavy atom. The summed E-state index contributed by atoms with van der Waals surface area (Å²) in [4.78, 5) is 0. The van der Waals surface area contributed by atoms with E-state index in [1.165, 1.54) is 0 Å². The van der Waals surface area contributed by atoms with E-state index in [-0.39, 0.29) is 12.0 Å². The van der Waals surface area contributed by atoms with Crippen LogP contribution >= 0.6 is 0 Å². The van der Waals surface area contributed by atoms with E-state index >= 15 is 0 Å². The van der Waals surface area contributed by atoms with Crippen molar-refractivity contribution in [2.75, 3.05) is 6.61 Å². The normalized spacial score (nSPS) is 13.5. The third-order valence-electron chi connectivity index (χ3n) is 2.83. The Labute approximate surface area is 104 Å². The van der Waals surface area contributed by atoms with Crippen molar-refractivity contribution in [2.24, 2.45) is 13.0 Å². The standard InChI is InChI=1S/C14H24N2O/c1-10(2)12(9-17)7-11-8-16(6)15-13(11)14(3,4)5/h7-8,10,17H,9H2,1-6H3. The first-order valence-electron chi connectivity index (χ1n) is 6.11. The first kappa shape index (κ1) is 14.0. The number of rotatable bonds is 3. The minimum Gasteiger partial charge on any atom is -0.392 e. The zero-order valence-electron chi connectivity index (χ0n) is 11.8. The molecule has 17 heavy (non-hydrogen) atoms. The van der Waals surface area contributed by atoms with Gasteiger partial charge in [0.05, 0.1) is 12.3 Å². The van der Waals surface area contributed by atoms with Gasteiger partial charge >= 0.3 is 0 Å². The highest BCUT2D eigenvalue weighted by Crippen LogP contribution is 2.26. The summed E-state index contributed by atoms with van der Waals surface area (Å²) in [7, 11) is 1.93. The first-order valence-corrected chi connectivity index (χ1v) is 6.11. The van der Waals surface area contributed by atoms with Crippen LogP contribution in [0.5, 0.6) is 0 Å². The zero-order valence-corrected chi connectivity index (χ0v) is 11.8. The second-order valence-corrected chi connectivity index (χ2v) is 5.89. The van der Waals surface area contributed by atoms with Gasteiger partial charge in [-0.15, -0.1) is 0 Å². The van der Waals surface area contributed by atoms with Crippen molar-refractivity contribution in [3.05, 3.63) is 23.0 Å². The fraction of sp³-hybridized carbons (Fsp3) is 0.643. The van der Waals surface area contributed by atoms with Gasteiger partial charge in [0, 0.05) is 24.2 Å². The molecule has 3 heteroatoms. The monoisotopic (exact) mass is 236 g/mol.